The zero-order valence-electron chi connectivity index (χ0n) is 13.6. The number of anilines is 1. The van der Waals surface area contributed by atoms with E-state index in [1.807, 2.05) is 36.4 Å². The molecule has 6 heteroatoms. The van der Waals surface area contributed by atoms with Crippen molar-refractivity contribution in [3.8, 4) is 0 Å². The van der Waals surface area contributed by atoms with Crippen molar-refractivity contribution in [2.75, 3.05) is 11.9 Å². The number of aliphatic hydroxyl groups excluding tert-OH is 1. The van der Waals surface area contributed by atoms with Crippen molar-refractivity contribution in [1.82, 2.24) is 10.3 Å². The van der Waals surface area contributed by atoms with Crippen LogP contribution >= 0.6 is 0 Å². The fraction of sp³-hybridized carbons (Fsp3) is 0.263. The van der Waals surface area contributed by atoms with Crippen LogP contribution in [0.25, 0.3) is 11.1 Å². The molecule has 1 aliphatic carbocycles. The van der Waals surface area contributed by atoms with Crippen LogP contribution in [-0.4, -0.2) is 22.7 Å². The first-order valence-corrected chi connectivity index (χ1v) is 8.37. The lowest BCUT2D eigenvalue weighted by Gasteiger charge is -2.17. The van der Waals surface area contributed by atoms with Crippen LogP contribution in [0.5, 0.6) is 0 Å². The second kappa shape index (κ2) is 6.57. The second-order valence-electron chi connectivity index (χ2n) is 6.25. The Labute approximate surface area is 144 Å². The van der Waals surface area contributed by atoms with Crippen molar-refractivity contribution in [2.45, 2.75) is 24.8 Å². The van der Waals surface area contributed by atoms with Crippen molar-refractivity contribution in [3.63, 3.8) is 0 Å². The third kappa shape index (κ3) is 3.49. The summed E-state index contributed by atoms with van der Waals surface area (Å²) in [5.74, 6) is 1.23. The van der Waals surface area contributed by atoms with Crippen molar-refractivity contribution in [2.24, 2.45) is 0 Å². The van der Waals surface area contributed by atoms with E-state index in [-0.39, 0.29) is 12.6 Å². The molecule has 2 amide bonds. The molecule has 1 aromatic heterocycles. The van der Waals surface area contributed by atoms with E-state index >= 15 is 0 Å². The predicted octanol–water partition coefficient (Wildman–Crippen LogP) is 3.56. The van der Waals surface area contributed by atoms with Gasteiger partial charge in [0.1, 0.15) is 5.52 Å². The maximum absolute atomic E-state index is 12.2. The van der Waals surface area contributed by atoms with E-state index in [0.717, 1.165) is 35.4 Å². The summed E-state index contributed by atoms with van der Waals surface area (Å²) in [5.41, 5.74) is 2.94. The highest BCUT2D eigenvalue weighted by molar-refractivity contribution is 5.91. The molecule has 1 atom stereocenters. The quantitative estimate of drug-likeness (QED) is 0.664. The molecule has 0 aliphatic heterocycles. The van der Waals surface area contributed by atoms with Crippen molar-refractivity contribution < 1.29 is 14.3 Å². The Bertz CT molecular complexity index is 887. The maximum Gasteiger partial charge on any atom is 0.319 e. The SMILES string of the molecule is O=C(Nc1ccc2oc(C3CC3)nc2c1)NC(CO)c1ccccc1. The number of aromatic nitrogens is 1. The monoisotopic (exact) mass is 337 g/mol. The van der Waals surface area contributed by atoms with Crippen LogP contribution < -0.4 is 10.6 Å². The molecule has 1 unspecified atom stereocenters. The van der Waals surface area contributed by atoms with Gasteiger partial charge in [0, 0.05) is 11.6 Å². The third-order valence-corrected chi connectivity index (χ3v) is 4.28. The molecule has 3 aromatic rings. The average molecular weight is 337 g/mol. The molecule has 1 aliphatic rings. The minimum atomic E-state index is -0.460. The number of fused-ring (bicyclic) bond motifs is 1. The number of rotatable bonds is 5. The van der Waals surface area contributed by atoms with Gasteiger partial charge in [-0.05, 0) is 36.6 Å². The highest BCUT2D eigenvalue weighted by Crippen LogP contribution is 2.40. The maximum atomic E-state index is 12.2. The fourth-order valence-corrected chi connectivity index (χ4v) is 2.77. The van der Waals surface area contributed by atoms with E-state index in [2.05, 4.69) is 15.6 Å². The van der Waals surface area contributed by atoms with Crippen LogP contribution in [0.4, 0.5) is 10.5 Å². The molecule has 128 valence electrons. The van der Waals surface area contributed by atoms with Gasteiger partial charge >= 0.3 is 6.03 Å². The van der Waals surface area contributed by atoms with Gasteiger partial charge in [-0.25, -0.2) is 9.78 Å². The number of oxazole rings is 1. The van der Waals surface area contributed by atoms with Gasteiger partial charge in [-0.2, -0.15) is 0 Å². The van der Waals surface area contributed by atoms with Gasteiger partial charge in [0.25, 0.3) is 0 Å². The Kier molecular flexibility index (Phi) is 4.11. The number of aliphatic hydroxyl groups is 1. The number of nitrogens with one attached hydrogen (secondary N) is 2. The first kappa shape index (κ1) is 15.7. The highest BCUT2D eigenvalue weighted by atomic mass is 16.3. The number of nitrogens with zero attached hydrogens (tertiary/aromatic N) is 1. The average Bonchev–Trinajstić information content (AvgIpc) is 3.40. The Morgan fingerprint density at radius 1 is 1.24 bits per heavy atom. The summed E-state index contributed by atoms with van der Waals surface area (Å²) in [6.45, 7) is -0.176. The van der Waals surface area contributed by atoms with E-state index < -0.39 is 6.04 Å². The lowest BCUT2D eigenvalue weighted by molar-refractivity contribution is 0.225. The van der Waals surface area contributed by atoms with Crippen LogP contribution in [0.2, 0.25) is 0 Å². The molecule has 0 radical (unpaired) electrons. The van der Waals surface area contributed by atoms with E-state index in [4.69, 9.17) is 4.42 Å². The number of amides is 2. The summed E-state index contributed by atoms with van der Waals surface area (Å²) in [6, 6.07) is 13.9. The summed E-state index contributed by atoms with van der Waals surface area (Å²) in [6.07, 6.45) is 2.25. The van der Waals surface area contributed by atoms with E-state index in [1.54, 1.807) is 12.1 Å². The molecule has 0 saturated heterocycles. The molecule has 25 heavy (non-hydrogen) atoms. The molecule has 2 aromatic carbocycles. The van der Waals surface area contributed by atoms with Gasteiger partial charge in [-0.15, -0.1) is 0 Å². The zero-order chi connectivity index (χ0) is 17.2. The largest absolute Gasteiger partial charge is 0.440 e. The molecular weight excluding hydrogens is 318 g/mol. The Hall–Kier alpha value is -2.86. The number of carbonyl (C=O) groups excluding carboxylic acids is 1. The standard InChI is InChI=1S/C19H19N3O3/c23-11-16(12-4-2-1-3-5-12)22-19(24)20-14-8-9-17-15(10-14)21-18(25-17)13-6-7-13/h1-5,8-10,13,16,23H,6-7,11H2,(H2,20,22,24). The fourth-order valence-electron chi connectivity index (χ4n) is 2.77. The van der Waals surface area contributed by atoms with Gasteiger partial charge in [-0.1, -0.05) is 30.3 Å². The molecule has 0 spiro atoms. The molecule has 1 fully saturated rings. The topological polar surface area (TPSA) is 87.4 Å². The molecule has 0 bridgehead atoms. The lowest BCUT2D eigenvalue weighted by atomic mass is 10.1. The number of carbonyl (C=O) groups is 1. The highest BCUT2D eigenvalue weighted by Gasteiger charge is 2.28. The normalized spacial score (nSPS) is 15.1. The smallest absolute Gasteiger partial charge is 0.319 e. The Morgan fingerprint density at radius 2 is 2.04 bits per heavy atom. The van der Waals surface area contributed by atoms with E-state index in [0.29, 0.717) is 11.6 Å². The molecule has 3 N–H and O–H groups in total. The molecule has 6 nitrogen and oxygen atoms in total. The number of hydrogen-bond acceptors (Lipinski definition) is 4. The van der Waals surface area contributed by atoms with Crippen molar-refractivity contribution in [1.29, 1.82) is 0 Å². The van der Waals surface area contributed by atoms with Gasteiger partial charge in [0.2, 0.25) is 0 Å². The molecule has 1 saturated carbocycles. The molecular formula is C19H19N3O3. The summed E-state index contributed by atoms with van der Waals surface area (Å²) in [5, 5.41) is 15.1. The number of urea groups is 1. The van der Waals surface area contributed by atoms with Crippen LogP contribution in [0, 0.1) is 0 Å². The third-order valence-electron chi connectivity index (χ3n) is 4.28. The minimum absolute atomic E-state index is 0.176. The van der Waals surface area contributed by atoms with E-state index in [9.17, 15) is 9.90 Å². The van der Waals surface area contributed by atoms with Gasteiger partial charge in [0.15, 0.2) is 11.5 Å². The first-order valence-electron chi connectivity index (χ1n) is 8.37. The Balaban J connectivity index is 1.45. The number of benzene rings is 2. The lowest BCUT2D eigenvalue weighted by Crippen LogP contribution is -2.34. The van der Waals surface area contributed by atoms with Crippen LogP contribution in [0.3, 0.4) is 0 Å². The van der Waals surface area contributed by atoms with Gasteiger partial charge < -0.3 is 20.2 Å². The summed E-state index contributed by atoms with van der Waals surface area (Å²) in [4.78, 5) is 16.7. The van der Waals surface area contributed by atoms with Gasteiger partial charge in [-0.3, -0.25) is 0 Å². The second-order valence-corrected chi connectivity index (χ2v) is 6.25. The molecule has 4 rings (SSSR count). The summed E-state index contributed by atoms with van der Waals surface area (Å²) < 4.78 is 5.72. The minimum Gasteiger partial charge on any atom is -0.440 e. The van der Waals surface area contributed by atoms with Crippen LogP contribution in [-0.2, 0) is 0 Å². The summed E-state index contributed by atoms with van der Waals surface area (Å²) >= 11 is 0. The first-order chi connectivity index (χ1) is 12.2. The van der Waals surface area contributed by atoms with Crippen LogP contribution in [0.15, 0.2) is 52.9 Å². The summed E-state index contributed by atoms with van der Waals surface area (Å²) in [7, 11) is 0. The molecule has 1 heterocycles. The van der Waals surface area contributed by atoms with Crippen LogP contribution in [0.1, 0.15) is 36.3 Å². The Morgan fingerprint density at radius 3 is 2.76 bits per heavy atom. The van der Waals surface area contributed by atoms with E-state index in [1.165, 1.54) is 0 Å². The van der Waals surface area contributed by atoms with Crippen molar-refractivity contribution in [3.05, 3.63) is 60.0 Å². The predicted molar refractivity (Wildman–Crippen MR) is 94.4 cm³/mol. The van der Waals surface area contributed by atoms with Crippen molar-refractivity contribution >= 4 is 22.8 Å². The number of hydrogen-bond donors (Lipinski definition) is 3. The zero-order valence-corrected chi connectivity index (χ0v) is 13.6. The van der Waals surface area contributed by atoms with Gasteiger partial charge in [0.05, 0.1) is 12.6 Å².